The number of nitrogens with zero attached hydrogens (tertiary/aromatic N) is 2. The number of para-hydroxylation sites is 2. The topological polar surface area (TPSA) is 77.0 Å². The van der Waals surface area contributed by atoms with Crippen molar-refractivity contribution in [1.29, 1.82) is 0 Å². The number of thiazole rings is 2. The summed E-state index contributed by atoms with van der Waals surface area (Å²) in [5, 5.41) is 2.73. The summed E-state index contributed by atoms with van der Waals surface area (Å²) in [6, 6.07) is 16.9. The minimum absolute atomic E-state index is 0. The molecule has 262 valence electrons. The van der Waals surface area contributed by atoms with Crippen LogP contribution in [0.15, 0.2) is 48.5 Å². The first-order valence-electron chi connectivity index (χ1n) is 13.8. The molecule has 3 saturated carbocycles. The molecule has 0 amide bonds. The van der Waals surface area contributed by atoms with Crippen LogP contribution in [0.3, 0.4) is 0 Å². The van der Waals surface area contributed by atoms with Crippen molar-refractivity contribution in [2.24, 2.45) is 0 Å². The van der Waals surface area contributed by atoms with E-state index in [1.165, 1.54) is 114 Å². The quantitative estimate of drug-likeness (QED) is 0.114. The summed E-state index contributed by atoms with van der Waals surface area (Å²) < 4.78 is 2.68. The Kier molecular flexibility index (Phi) is 45.1. The summed E-state index contributed by atoms with van der Waals surface area (Å²) in [4.78, 5) is 32.7. The minimum Gasteiger partial charge on any atom is -0.545 e. The monoisotopic (exact) mass is 1090 g/mol. The van der Waals surface area contributed by atoms with Gasteiger partial charge in [0.15, 0.2) is 0 Å². The van der Waals surface area contributed by atoms with Gasteiger partial charge >= 0.3 is 17.1 Å². The third-order valence-corrected chi connectivity index (χ3v) is 9.68. The van der Waals surface area contributed by atoms with E-state index in [0.29, 0.717) is 0 Å². The van der Waals surface area contributed by atoms with Gasteiger partial charge < -0.3 is 36.7 Å². The van der Waals surface area contributed by atoms with Gasteiger partial charge in [-0.3, -0.25) is 20.4 Å². The van der Waals surface area contributed by atoms with Gasteiger partial charge in [0.1, 0.15) is 0 Å². The summed E-state index contributed by atoms with van der Waals surface area (Å²) in [5.41, 5.74) is 2.36. The molecular weight excluding hydrogens is 1040 g/mol. The Morgan fingerprint density at radius 1 is 0.500 bits per heavy atom. The van der Waals surface area contributed by atoms with Crippen molar-refractivity contribution in [3.8, 4) is 0 Å². The van der Waals surface area contributed by atoms with E-state index in [2.05, 4.69) is 68.9 Å². The fraction of sp³-hybridized carbons (Fsp3) is 0.429. The molecule has 2 aromatic heterocycles. The van der Waals surface area contributed by atoms with Crippen LogP contribution in [0.5, 0.6) is 0 Å². The molecule has 0 N–H and O–H groups in total. The van der Waals surface area contributed by atoms with E-state index in [-0.39, 0.29) is 97.3 Å². The molecule has 3 aliphatic rings. The molecular formula is C35H48Fe2N2O3Re2S2-4. The van der Waals surface area contributed by atoms with Crippen molar-refractivity contribution < 1.29 is 89.4 Å². The summed E-state index contributed by atoms with van der Waals surface area (Å²) in [6.07, 6.45) is 18.4. The molecule has 0 unspecified atom stereocenters. The molecule has 0 saturated heterocycles. The van der Waals surface area contributed by atoms with Crippen molar-refractivity contribution >= 4 is 63.5 Å². The van der Waals surface area contributed by atoms with Gasteiger partial charge in [-0.05, 0) is 49.9 Å². The van der Waals surface area contributed by atoms with Gasteiger partial charge in [-0.2, -0.15) is 0 Å². The van der Waals surface area contributed by atoms with Crippen molar-refractivity contribution in [2.45, 2.75) is 95.3 Å². The van der Waals surface area contributed by atoms with Gasteiger partial charge in [-0.15, -0.1) is 22.7 Å². The molecule has 0 bridgehead atoms. The van der Waals surface area contributed by atoms with Crippen molar-refractivity contribution in [3.63, 3.8) is 0 Å². The van der Waals surface area contributed by atoms with Crippen molar-refractivity contribution in [3.05, 3.63) is 80.8 Å². The average Bonchev–Trinajstić information content (AvgIpc) is 3.86. The third-order valence-electron chi connectivity index (χ3n) is 7.28. The second-order valence-electron chi connectivity index (χ2n) is 9.77. The van der Waals surface area contributed by atoms with Gasteiger partial charge in [-0.25, -0.2) is 9.97 Å². The van der Waals surface area contributed by atoms with E-state index in [4.69, 9.17) is 24.4 Å². The molecule has 46 heavy (non-hydrogen) atoms. The van der Waals surface area contributed by atoms with Gasteiger partial charge in [0.05, 0.1) is 30.4 Å². The van der Waals surface area contributed by atoms with Crippen LogP contribution in [0.1, 0.15) is 105 Å². The van der Waals surface area contributed by atoms with Gasteiger partial charge in [-0.1, -0.05) is 82.1 Å². The first-order valence-corrected chi connectivity index (χ1v) is 15.4. The van der Waals surface area contributed by atoms with E-state index in [9.17, 15) is 0 Å². The number of benzene rings is 2. The zero-order valence-corrected chi connectivity index (χ0v) is 36.4. The minimum atomic E-state index is 0. The molecule has 3 aliphatic carbocycles. The van der Waals surface area contributed by atoms with E-state index < -0.39 is 0 Å². The molecule has 7 rings (SSSR count). The Hall–Kier alpha value is -0.406. The van der Waals surface area contributed by atoms with Gasteiger partial charge in [0.25, 0.3) is 0 Å². The zero-order valence-electron chi connectivity index (χ0n) is 27.1. The summed E-state index contributed by atoms with van der Waals surface area (Å²) in [7, 11) is 0. The average molecular weight is 1090 g/mol. The maximum absolute atomic E-state index is 7.75. The van der Waals surface area contributed by atoms with Crippen LogP contribution in [-0.2, 0) is 89.4 Å². The first kappa shape index (κ1) is 57.8. The van der Waals surface area contributed by atoms with Crippen LogP contribution in [0.25, 0.3) is 20.4 Å². The number of carbonyl (C=O) groups excluding carboxylic acids is 3. The molecule has 0 spiro atoms. The van der Waals surface area contributed by atoms with E-state index >= 15 is 0 Å². The molecule has 2 heterocycles. The van der Waals surface area contributed by atoms with Crippen LogP contribution in [0, 0.1) is 22.3 Å². The van der Waals surface area contributed by atoms with E-state index in [0.717, 1.165) is 11.8 Å². The van der Waals surface area contributed by atoms with Crippen molar-refractivity contribution in [1.82, 2.24) is 9.97 Å². The molecule has 2 aromatic carbocycles. The van der Waals surface area contributed by atoms with Crippen molar-refractivity contribution in [2.75, 3.05) is 0 Å². The van der Waals surface area contributed by atoms with Crippen LogP contribution >= 0.6 is 22.7 Å². The fourth-order valence-corrected chi connectivity index (χ4v) is 7.63. The Balaban J connectivity index is -0.000000119. The summed E-state index contributed by atoms with van der Waals surface area (Å²) in [6.45, 7) is 9.75. The molecule has 0 aliphatic heterocycles. The Morgan fingerprint density at radius 2 is 0.761 bits per heavy atom. The predicted octanol–water partition coefficient (Wildman–Crippen LogP) is 10.4. The summed E-state index contributed by atoms with van der Waals surface area (Å²) >= 11 is 3.77. The molecule has 3 fully saturated rings. The number of rotatable bonds is 2. The van der Waals surface area contributed by atoms with Crippen LogP contribution in [0.2, 0.25) is 0 Å². The van der Waals surface area contributed by atoms with E-state index in [1.54, 1.807) is 0 Å². The second-order valence-corrected chi connectivity index (χ2v) is 11.9. The largest absolute Gasteiger partial charge is 2.00 e. The maximum Gasteiger partial charge on any atom is 2.00 e. The Morgan fingerprint density at radius 3 is 1.02 bits per heavy atom. The number of aromatic nitrogens is 2. The van der Waals surface area contributed by atoms with Gasteiger partial charge in [0, 0.05) is 69.8 Å². The Labute approximate surface area is 335 Å². The zero-order chi connectivity index (χ0) is 28.3. The molecule has 2 radical (unpaired) electrons. The standard InChI is InChI=1S/2C12H13NS.C5H10.3CHO.3CH3.2Fe.2Re/c2*1-2-6-9(5-1)12-13-10-7-3-4-8-11(10)14-12;1-2-4-5-3-1;3*1-2;;;;;;;/h2*3-4,7-9H,1-2,5-6H2;1-5H2;3*1H;3*1H3;;;;/q;;;6*-1;;+2;;. The number of hydrogen-bond donors (Lipinski definition) is 0. The second kappa shape index (κ2) is 35.9. The number of hydrogen-bond acceptors (Lipinski definition) is 7. The fourth-order valence-electron chi connectivity index (χ4n) is 5.36. The van der Waals surface area contributed by atoms with Crippen LogP contribution in [0.4, 0.5) is 0 Å². The third kappa shape index (κ3) is 19.0. The normalized spacial score (nSPS) is 13.8. The molecule has 0 atom stereocenters. The molecule has 4 aromatic rings. The summed E-state index contributed by atoms with van der Waals surface area (Å²) in [5.74, 6) is 1.51. The first-order chi connectivity index (χ1) is 19.4. The number of fused-ring (bicyclic) bond motifs is 2. The Bertz CT molecular complexity index is 1050. The molecule has 11 heteroatoms. The maximum atomic E-state index is 7.75. The predicted molar refractivity (Wildman–Crippen MR) is 184 cm³/mol. The smallest absolute Gasteiger partial charge is 0.545 e. The molecule has 5 nitrogen and oxygen atoms in total. The van der Waals surface area contributed by atoms with Crippen LogP contribution < -0.4 is 0 Å². The van der Waals surface area contributed by atoms with Crippen LogP contribution in [-0.4, -0.2) is 30.3 Å². The SMILES string of the molecule is C1CCCC1.[CH-]=O.[CH-]=O.[CH-]=O.[CH3-].[CH3-].[CH3-].[Fe+2].[Fe].[Re].[Re].c1ccc2sc(C3CCCC3)nc2c1.c1ccc2sc(C3CCCC3)nc2c1. The van der Waals surface area contributed by atoms with E-state index in [1.807, 2.05) is 22.7 Å². The van der Waals surface area contributed by atoms with Gasteiger partial charge in [0.2, 0.25) is 0 Å².